The maximum atomic E-state index is 12.9. The molecule has 3 heterocycles. The van der Waals surface area contributed by atoms with Crippen LogP contribution in [-0.4, -0.2) is 20.7 Å². The van der Waals surface area contributed by atoms with Crippen molar-refractivity contribution in [2.24, 2.45) is 0 Å². The number of hydrogen-bond donors (Lipinski definition) is 1. The average molecular weight is 385 g/mol. The molecule has 4 aromatic rings. The van der Waals surface area contributed by atoms with E-state index in [1.807, 2.05) is 17.5 Å². The zero-order valence-corrected chi connectivity index (χ0v) is 15.0. The predicted molar refractivity (Wildman–Crippen MR) is 101 cm³/mol. The van der Waals surface area contributed by atoms with Gasteiger partial charge in [-0.05, 0) is 47.8 Å². The second-order valence-electron chi connectivity index (χ2n) is 5.39. The Balaban J connectivity index is 1.68. The molecule has 0 bridgehead atoms. The Bertz CT molecular complexity index is 1010. The lowest BCUT2D eigenvalue weighted by molar-refractivity contribution is 0.0947. The van der Waals surface area contributed by atoms with Gasteiger partial charge in [0.15, 0.2) is 5.76 Å². The molecule has 4 rings (SSSR count). The zero-order valence-electron chi connectivity index (χ0n) is 13.4. The second kappa shape index (κ2) is 7.15. The third-order valence-corrected chi connectivity index (χ3v) is 4.76. The molecule has 0 saturated heterocycles. The fourth-order valence-corrected chi connectivity index (χ4v) is 3.14. The molecule has 3 aromatic heterocycles. The highest BCUT2D eigenvalue weighted by molar-refractivity contribution is 7.09. The topological polar surface area (TPSA) is 73.0 Å². The van der Waals surface area contributed by atoms with E-state index in [4.69, 9.17) is 16.0 Å². The number of hydrogen-bond acceptors (Lipinski definition) is 6. The van der Waals surface area contributed by atoms with E-state index in [2.05, 4.69) is 15.4 Å². The molecule has 0 amide bonds. The van der Waals surface area contributed by atoms with Gasteiger partial charge in [0.25, 0.3) is 5.91 Å². The minimum Gasteiger partial charge on any atom is -0.461 e. The van der Waals surface area contributed by atoms with Gasteiger partial charge in [-0.1, -0.05) is 17.7 Å². The van der Waals surface area contributed by atoms with E-state index in [1.165, 1.54) is 10.9 Å². The first kappa shape index (κ1) is 16.6. The predicted octanol–water partition coefficient (Wildman–Crippen LogP) is 4.55. The molecular weight excluding hydrogens is 372 g/mol. The molecular formula is C18H13ClN4O2S. The first-order valence-corrected chi connectivity index (χ1v) is 9.04. The van der Waals surface area contributed by atoms with E-state index in [9.17, 15) is 4.79 Å². The maximum Gasteiger partial charge on any atom is 0.281 e. The number of aromatic nitrogens is 3. The molecule has 26 heavy (non-hydrogen) atoms. The third kappa shape index (κ3) is 3.40. The fourth-order valence-electron chi connectivity index (χ4n) is 2.37. The number of nitrogens with zero attached hydrogens (tertiary/aromatic N) is 3. The van der Waals surface area contributed by atoms with Crippen LogP contribution in [0.1, 0.15) is 15.2 Å². The molecule has 6 nitrogen and oxygen atoms in total. The van der Waals surface area contributed by atoms with Crippen LogP contribution >= 0.6 is 22.9 Å². The highest BCUT2D eigenvalue weighted by atomic mass is 35.5. The number of nitrogens with one attached hydrogen (secondary N) is 1. The Kier molecular flexibility index (Phi) is 4.55. The number of thiophene rings is 1. The largest absolute Gasteiger partial charge is 0.461 e. The highest BCUT2D eigenvalue weighted by Crippen LogP contribution is 2.21. The van der Waals surface area contributed by atoms with E-state index in [0.29, 0.717) is 34.7 Å². The molecule has 0 atom stereocenters. The second-order valence-corrected chi connectivity index (χ2v) is 6.86. The van der Waals surface area contributed by atoms with Gasteiger partial charge < -0.3 is 9.73 Å². The molecule has 0 aliphatic rings. The number of carbonyl (C=O) groups is 1. The summed E-state index contributed by atoms with van der Waals surface area (Å²) in [6.07, 6.45) is 1.54. The van der Waals surface area contributed by atoms with Gasteiger partial charge in [-0.25, -0.2) is 0 Å². The highest BCUT2D eigenvalue weighted by Gasteiger charge is 2.20. The summed E-state index contributed by atoms with van der Waals surface area (Å²) in [4.78, 5) is 18.4. The van der Waals surface area contributed by atoms with Gasteiger partial charge in [0.05, 0.1) is 12.8 Å². The lowest BCUT2D eigenvalue weighted by atomic mass is 10.2. The smallest absolute Gasteiger partial charge is 0.281 e. The summed E-state index contributed by atoms with van der Waals surface area (Å²) in [6.45, 7) is 0.544. The van der Waals surface area contributed by atoms with Crippen molar-refractivity contribution < 1.29 is 9.21 Å². The first-order chi connectivity index (χ1) is 12.7. The molecule has 8 heteroatoms. The molecule has 0 radical (unpaired) electrons. The van der Waals surface area contributed by atoms with E-state index in [1.54, 1.807) is 47.7 Å². The Morgan fingerprint density at radius 2 is 2.04 bits per heavy atom. The Labute approximate surface area is 158 Å². The monoisotopic (exact) mass is 384 g/mol. The van der Waals surface area contributed by atoms with Crippen molar-refractivity contribution >= 4 is 34.8 Å². The number of benzene rings is 1. The van der Waals surface area contributed by atoms with E-state index in [0.717, 1.165) is 4.88 Å². The lowest BCUT2D eigenvalue weighted by Crippen LogP contribution is -2.17. The van der Waals surface area contributed by atoms with Crippen LogP contribution in [0.5, 0.6) is 0 Å². The lowest BCUT2D eigenvalue weighted by Gasteiger charge is -2.06. The number of carbonyl (C=O) groups excluding carboxylic acids is 1. The molecule has 0 saturated carbocycles. The Morgan fingerprint density at radius 3 is 2.73 bits per heavy atom. The summed E-state index contributed by atoms with van der Waals surface area (Å²) in [5.41, 5.74) is 0.462. The standard InChI is InChI=1S/C18H13ClN4O2S/c19-13-7-5-12(6-8-13)17(24)23-18(20-11-14-3-2-10-26-14)21-16(22-23)15-4-1-9-25-15/h1-10H,11H2,(H,20,21,22). The summed E-state index contributed by atoms with van der Waals surface area (Å²) in [7, 11) is 0. The molecule has 0 unspecified atom stereocenters. The fraction of sp³-hybridized carbons (Fsp3) is 0.0556. The molecule has 0 spiro atoms. The molecule has 130 valence electrons. The van der Waals surface area contributed by atoms with E-state index in [-0.39, 0.29) is 5.91 Å². The number of anilines is 1. The van der Waals surface area contributed by atoms with Crippen molar-refractivity contribution in [3.05, 3.63) is 75.6 Å². The Morgan fingerprint density at radius 1 is 1.19 bits per heavy atom. The maximum absolute atomic E-state index is 12.9. The Hall–Kier alpha value is -2.90. The van der Waals surface area contributed by atoms with Gasteiger partial charge in [-0.2, -0.15) is 9.67 Å². The van der Waals surface area contributed by atoms with Crippen molar-refractivity contribution in [1.82, 2.24) is 14.8 Å². The van der Waals surface area contributed by atoms with Crippen LogP contribution in [0.25, 0.3) is 11.6 Å². The van der Waals surface area contributed by atoms with Crippen molar-refractivity contribution in [2.45, 2.75) is 6.54 Å². The van der Waals surface area contributed by atoms with Gasteiger partial charge in [0, 0.05) is 15.5 Å². The van der Waals surface area contributed by atoms with Gasteiger partial charge in [-0.3, -0.25) is 4.79 Å². The van der Waals surface area contributed by atoms with Crippen LogP contribution in [0.3, 0.4) is 0 Å². The SMILES string of the molecule is O=C(c1ccc(Cl)cc1)n1nc(-c2ccco2)nc1NCc1cccs1. The van der Waals surface area contributed by atoms with Crippen LogP contribution in [0.4, 0.5) is 5.95 Å². The van der Waals surface area contributed by atoms with E-state index >= 15 is 0 Å². The number of furan rings is 1. The van der Waals surface area contributed by atoms with Gasteiger partial charge in [-0.15, -0.1) is 16.4 Å². The molecule has 1 N–H and O–H groups in total. The van der Waals surface area contributed by atoms with Crippen LogP contribution in [0, 0.1) is 0 Å². The molecule has 0 aliphatic heterocycles. The van der Waals surface area contributed by atoms with Crippen molar-refractivity contribution in [2.75, 3.05) is 5.32 Å². The van der Waals surface area contributed by atoms with Crippen LogP contribution < -0.4 is 5.32 Å². The first-order valence-electron chi connectivity index (χ1n) is 7.78. The van der Waals surface area contributed by atoms with Crippen LogP contribution in [-0.2, 0) is 6.54 Å². The summed E-state index contributed by atoms with van der Waals surface area (Å²) >= 11 is 7.52. The summed E-state index contributed by atoms with van der Waals surface area (Å²) in [6, 6.07) is 14.1. The quantitative estimate of drug-likeness (QED) is 0.546. The minimum absolute atomic E-state index is 0.305. The van der Waals surface area contributed by atoms with Crippen LogP contribution in [0.15, 0.2) is 64.6 Å². The average Bonchev–Trinajstić information content (AvgIpc) is 3.40. The van der Waals surface area contributed by atoms with Gasteiger partial charge in [0.2, 0.25) is 11.8 Å². The molecule has 1 aromatic carbocycles. The number of halogens is 1. The van der Waals surface area contributed by atoms with Crippen molar-refractivity contribution in [3.8, 4) is 11.6 Å². The van der Waals surface area contributed by atoms with E-state index < -0.39 is 0 Å². The summed E-state index contributed by atoms with van der Waals surface area (Å²) in [5, 5.41) is 10.1. The van der Waals surface area contributed by atoms with Gasteiger partial charge >= 0.3 is 0 Å². The zero-order chi connectivity index (χ0) is 17.9. The summed E-state index contributed by atoms with van der Waals surface area (Å²) in [5.74, 6) is 0.878. The molecule has 0 aliphatic carbocycles. The van der Waals surface area contributed by atoms with Crippen molar-refractivity contribution in [3.63, 3.8) is 0 Å². The van der Waals surface area contributed by atoms with Gasteiger partial charge in [0.1, 0.15) is 0 Å². The minimum atomic E-state index is -0.305. The number of rotatable bonds is 5. The molecule has 0 fully saturated rings. The third-order valence-electron chi connectivity index (χ3n) is 3.63. The van der Waals surface area contributed by atoms with Crippen LogP contribution in [0.2, 0.25) is 5.02 Å². The summed E-state index contributed by atoms with van der Waals surface area (Å²) < 4.78 is 6.59. The normalized spacial score (nSPS) is 10.8. The van der Waals surface area contributed by atoms with Crippen molar-refractivity contribution in [1.29, 1.82) is 0 Å².